The fourth-order valence-electron chi connectivity index (χ4n) is 3.49. The standard InChI is InChI=1S/C18H17F3N6S/c1-8-10(3)28-17-14(8)16-23-15(25-26(16)7-22-17)9(2)27-12(11-4-5-11)6-13(24-27)18(19,20)21/h6-7,9,11H,4-5H2,1-3H3/t9-/m0/s1. The zero-order valence-corrected chi connectivity index (χ0v) is 16.3. The van der Waals surface area contributed by atoms with Crippen LogP contribution in [0.15, 0.2) is 12.4 Å². The van der Waals surface area contributed by atoms with Crippen molar-refractivity contribution in [3.63, 3.8) is 0 Å². The molecule has 0 aliphatic heterocycles. The maximum Gasteiger partial charge on any atom is 0.435 e. The Kier molecular flexibility index (Phi) is 3.62. The van der Waals surface area contributed by atoms with E-state index in [4.69, 9.17) is 0 Å². The minimum absolute atomic E-state index is 0.123. The lowest BCUT2D eigenvalue weighted by molar-refractivity contribution is -0.141. The third kappa shape index (κ3) is 2.61. The van der Waals surface area contributed by atoms with Crippen LogP contribution in [0.25, 0.3) is 15.9 Å². The quantitative estimate of drug-likeness (QED) is 0.497. The Bertz CT molecular complexity index is 1210. The first kappa shape index (κ1) is 17.6. The summed E-state index contributed by atoms with van der Waals surface area (Å²) in [6, 6.07) is 0.650. The predicted molar refractivity (Wildman–Crippen MR) is 98.7 cm³/mol. The van der Waals surface area contributed by atoms with E-state index in [0.717, 1.165) is 39.6 Å². The molecule has 0 spiro atoms. The molecule has 1 atom stereocenters. The van der Waals surface area contributed by atoms with E-state index in [1.54, 1.807) is 29.1 Å². The Morgan fingerprint density at radius 3 is 2.64 bits per heavy atom. The van der Waals surface area contributed by atoms with Gasteiger partial charge in [0.05, 0.1) is 5.39 Å². The maximum atomic E-state index is 13.2. The summed E-state index contributed by atoms with van der Waals surface area (Å²) in [5, 5.41) is 9.29. The average molecular weight is 406 g/mol. The van der Waals surface area contributed by atoms with E-state index in [1.807, 2.05) is 13.8 Å². The second-order valence-corrected chi connectivity index (χ2v) is 8.50. The average Bonchev–Trinajstić information content (AvgIpc) is 3.11. The van der Waals surface area contributed by atoms with E-state index in [9.17, 15) is 13.2 Å². The molecule has 0 bridgehead atoms. The SMILES string of the molecule is Cc1sc2ncn3nc([C@H](C)n4nc(C(F)(F)F)cc4C4CC4)nc3c2c1C. The van der Waals surface area contributed by atoms with Gasteiger partial charge in [0, 0.05) is 16.5 Å². The van der Waals surface area contributed by atoms with Crippen molar-refractivity contribution >= 4 is 27.2 Å². The fourth-order valence-corrected chi connectivity index (χ4v) is 4.48. The monoisotopic (exact) mass is 406 g/mol. The minimum Gasteiger partial charge on any atom is -0.258 e. The summed E-state index contributed by atoms with van der Waals surface area (Å²) in [5.41, 5.74) is 1.51. The Hall–Kier alpha value is -2.49. The van der Waals surface area contributed by atoms with Gasteiger partial charge in [-0.1, -0.05) is 0 Å². The van der Waals surface area contributed by atoms with Crippen LogP contribution in [0.3, 0.4) is 0 Å². The largest absolute Gasteiger partial charge is 0.435 e. The molecular formula is C18H17F3N6S. The van der Waals surface area contributed by atoms with Gasteiger partial charge in [0.15, 0.2) is 17.2 Å². The van der Waals surface area contributed by atoms with E-state index in [2.05, 4.69) is 20.2 Å². The number of alkyl halides is 3. The van der Waals surface area contributed by atoms with Gasteiger partial charge in [-0.15, -0.1) is 16.4 Å². The molecule has 28 heavy (non-hydrogen) atoms. The molecule has 0 amide bonds. The van der Waals surface area contributed by atoms with Gasteiger partial charge in [-0.25, -0.2) is 14.5 Å². The van der Waals surface area contributed by atoms with Crippen LogP contribution in [0.1, 0.15) is 59.4 Å². The smallest absolute Gasteiger partial charge is 0.258 e. The number of fused-ring (bicyclic) bond motifs is 3. The lowest BCUT2D eigenvalue weighted by atomic mass is 10.2. The van der Waals surface area contributed by atoms with Crippen molar-refractivity contribution in [2.24, 2.45) is 0 Å². The normalized spacial score (nSPS) is 16.4. The van der Waals surface area contributed by atoms with Crippen LogP contribution < -0.4 is 0 Å². The number of aryl methyl sites for hydroxylation is 2. The van der Waals surface area contributed by atoms with Crippen molar-refractivity contribution in [3.05, 3.63) is 40.0 Å². The third-order valence-electron chi connectivity index (χ3n) is 5.31. The van der Waals surface area contributed by atoms with Gasteiger partial charge in [0.2, 0.25) is 0 Å². The molecule has 0 N–H and O–H groups in total. The molecule has 1 saturated carbocycles. The number of hydrogen-bond acceptors (Lipinski definition) is 5. The molecule has 146 valence electrons. The van der Waals surface area contributed by atoms with Gasteiger partial charge in [-0.2, -0.15) is 18.3 Å². The van der Waals surface area contributed by atoms with Gasteiger partial charge < -0.3 is 0 Å². The van der Waals surface area contributed by atoms with Crippen LogP contribution in [0, 0.1) is 13.8 Å². The van der Waals surface area contributed by atoms with Gasteiger partial charge in [-0.05, 0) is 45.2 Å². The summed E-state index contributed by atoms with van der Waals surface area (Å²) in [5.74, 6) is 0.550. The van der Waals surface area contributed by atoms with Crippen LogP contribution in [-0.2, 0) is 6.18 Å². The highest BCUT2D eigenvalue weighted by Crippen LogP contribution is 2.43. The summed E-state index contributed by atoms with van der Waals surface area (Å²) < 4.78 is 42.6. The van der Waals surface area contributed by atoms with E-state index >= 15 is 0 Å². The van der Waals surface area contributed by atoms with Gasteiger partial charge in [0.1, 0.15) is 17.2 Å². The van der Waals surface area contributed by atoms with Crippen molar-refractivity contribution in [1.29, 1.82) is 0 Å². The fraction of sp³-hybridized carbons (Fsp3) is 0.444. The number of rotatable bonds is 3. The van der Waals surface area contributed by atoms with Crippen LogP contribution in [0.4, 0.5) is 13.2 Å². The summed E-state index contributed by atoms with van der Waals surface area (Å²) in [7, 11) is 0. The molecule has 4 aromatic rings. The third-order valence-corrected chi connectivity index (χ3v) is 6.43. The number of halogens is 3. The second-order valence-electron chi connectivity index (χ2n) is 7.29. The van der Waals surface area contributed by atoms with Crippen molar-refractivity contribution in [2.75, 3.05) is 0 Å². The molecule has 0 saturated heterocycles. The van der Waals surface area contributed by atoms with Crippen molar-refractivity contribution in [1.82, 2.24) is 29.4 Å². The molecule has 10 heteroatoms. The molecule has 0 unspecified atom stereocenters. The molecule has 6 nitrogen and oxygen atoms in total. The Morgan fingerprint density at radius 1 is 1.21 bits per heavy atom. The van der Waals surface area contributed by atoms with Gasteiger partial charge in [0.25, 0.3) is 0 Å². The van der Waals surface area contributed by atoms with E-state index < -0.39 is 17.9 Å². The van der Waals surface area contributed by atoms with Crippen molar-refractivity contribution in [3.8, 4) is 0 Å². The number of aromatic nitrogens is 6. The molecule has 0 aromatic carbocycles. The summed E-state index contributed by atoms with van der Waals surface area (Å²) in [6.45, 7) is 5.83. The highest BCUT2D eigenvalue weighted by atomic mass is 32.1. The van der Waals surface area contributed by atoms with Crippen LogP contribution in [-0.4, -0.2) is 29.4 Å². The topological polar surface area (TPSA) is 60.9 Å². The first-order valence-electron chi connectivity index (χ1n) is 9.01. The number of hydrogen-bond donors (Lipinski definition) is 0. The van der Waals surface area contributed by atoms with E-state index in [-0.39, 0.29) is 5.92 Å². The Balaban J connectivity index is 1.64. The van der Waals surface area contributed by atoms with Crippen molar-refractivity contribution in [2.45, 2.75) is 51.7 Å². The highest BCUT2D eigenvalue weighted by molar-refractivity contribution is 7.18. The lowest BCUT2D eigenvalue weighted by Crippen LogP contribution is -2.15. The molecule has 5 rings (SSSR count). The molecule has 1 fully saturated rings. The molecule has 1 aliphatic carbocycles. The molecule has 4 aromatic heterocycles. The number of thiophene rings is 1. The zero-order valence-electron chi connectivity index (χ0n) is 15.4. The molecular weight excluding hydrogens is 389 g/mol. The maximum absolute atomic E-state index is 13.2. The molecule has 1 aliphatic rings. The predicted octanol–water partition coefficient (Wildman–Crippen LogP) is 4.66. The van der Waals surface area contributed by atoms with E-state index in [1.165, 1.54) is 4.68 Å². The summed E-state index contributed by atoms with van der Waals surface area (Å²) >= 11 is 1.59. The van der Waals surface area contributed by atoms with Crippen LogP contribution in [0.2, 0.25) is 0 Å². The minimum atomic E-state index is -4.47. The van der Waals surface area contributed by atoms with Crippen LogP contribution >= 0.6 is 11.3 Å². The first-order chi connectivity index (χ1) is 13.2. The summed E-state index contributed by atoms with van der Waals surface area (Å²) in [6.07, 6.45) is -1.11. The van der Waals surface area contributed by atoms with Gasteiger partial charge >= 0.3 is 6.18 Å². The lowest BCUT2D eigenvalue weighted by Gasteiger charge is -2.12. The Morgan fingerprint density at radius 2 is 1.96 bits per heavy atom. The van der Waals surface area contributed by atoms with Gasteiger partial charge in [-0.3, -0.25) is 4.68 Å². The summed E-state index contributed by atoms with van der Waals surface area (Å²) in [4.78, 5) is 11.1. The first-order valence-corrected chi connectivity index (χ1v) is 9.83. The zero-order chi connectivity index (χ0) is 19.8. The number of nitrogens with zero attached hydrogens (tertiary/aromatic N) is 6. The van der Waals surface area contributed by atoms with Crippen LogP contribution in [0.5, 0.6) is 0 Å². The second kappa shape index (κ2) is 5.76. The molecule has 4 heterocycles. The van der Waals surface area contributed by atoms with Crippen molar-refractivity contribution < 1.29 is 13.2 Å². The Labute approximate surface area is 162 Å². The van der Waals surface area contributed by atoms with E-state index in [0.29, 0.717) is 17.2 Å². The highest BCUT2D eigenvalue weighted by Gasteiger charge is 2.39. The molecule has 0 radical (unpaired) electrons.